The van der Waals surface area contributed by atoms with E-state index in [0.29, 0.717) is 12.1 Å². The minimum Gasteiger partial charge on any atom is -0.468 e. The molecular formula is C18H19NO6. The normalized spacial score (nSPS) is 20.0. The van der Waals surface area contributed by atoms with E-state index in [1.807, 2.05) is 24.3 Å². The molecule has 3 rings (SSSR count). The smallest absolute Gasteiger partial charge is 0.337 e. The number of para-hydroxylation sites is 1. The number of ether oxygens (including phenoxy) is 3. The molecule has 1 aromatic carbocycles. The van der Waals surface area contributed by atoms with E-state index in [0.717, 1.165) is 11.3 Å². The third-order valence-corrected chi connectivity index (χ3v) is 4.87. The molecular weight excluding hydrogens is 326 g/mol. The van der Waals surface area contributed by atoms with Gasteiger partial charge in [0.2, 0.25) is 0 Å². The highest BCUT2D eigenvalue weighted by atomic mass is 16.5. The number of carbonyl (C=O) groups is 3. The molecule has 0 fully saturated rings. The quantitative estimate of drug-likeness (QED) is 0.503. The number of fused-ring (bicyclic) bond motifs is 2. The molecule has 0 bridgehead atoms. The van der Waals surface area contributed by atoms with Crippen LogP contribution in [-0.2, 0) is 35.0 Å². The zero-order valence-corrected chi connectivity index (χ0v) is 14.3. The summed E-state index contributed by atoms with van der Waals surface area (Å²) in [5.74, 6) is -2.62. The van der Waals surface area contributed by atoms with Crippen molar-refractivity contribution in [2.75, 3.05) is 26.6 Å². The summed E-state index contributed by atoms with van der Waals surface area (Å²) in [4.78, 5) is 37.7. The third-order valence-electron chi connectivity index (χ3n) is 4.87. The van der Waals surface area contributed by atoms with Crippen LogP contribution in [0.1, 0.15) is 12.0 Å². The molecule has 1 atom stereocenters. The SMILES string of the molecule is COC(=O)C1=C2Nc3ccccc3CC2CC1(C(=O)OC)C(=O)OC. The Balaban J connectivity index is 2.21. The second-order valence-corrected chi connectivity index (χ2v) is 6.06. The van der Waals surface area contributed by atoms with Crippen LogP contribution >= 0.6 is 0 Å². The average Bonchev–Trinajstić information content (AvgIpc) is 2.99. The number of allylic oxidation sites excluding steroid dienone is 1. The van der Waals surface area contributed by atoms with Gasteiger partial charge in [0, 0.05) is 17.3 Å². The van der Waals surface area contributed by atoms with Gasteiger partial charge in [0.1, 0.15) is 0 Å². The predicted octanol–water partition coefficient (Wildman–Crippen LogP) is 1.43. The van der Waals surface area contributed by atoms with E-state index in [1.54, 1.807) is 0 Å². The molecule has 0 aromatic heterocycles. The molecule has 1 aliphatic carbocycles. The van der Waals surface area contributed by atoms with Gasteiger partial charge in [0.05, 0.1) is 26.9 Å². The van der Waals surface area contributed by atoms with Crippen LogP contribution in [0.3, 0.4) is 0 Å². The van der Waals surface area contributed by atoms with Crippen LogP contribution in [-0.4, -0.2) is 39.2 Å². The van der Waals surface area contributed by atoms with E-state index in [9.17, 15) is 14.4 Å². The zero-order valence-electron chi connectivity index (χ0n) is 14.3. The van der Waals surface area contributed by atoms with E-state index in [4.69, 9.17) is 14.2 Å². The van der Waals surface area contributed by atoms with Crippen molar-refractivity contribution in [1.82, 2.24) is 0 Å². The van der Waals surface area contributed by atoms with Crippen molar-refractivity contribution in [3.63, 3.8) is 0 Å². The summed E-state index contributed by atoms with van der Waals surface area (Å²) in [5, 5.41) is 3.20. The number of rotatable bonds is 3. The van der Waals surface area contributed by atoms with E-state index in [-0.39, 0.29) is 17.9 Å². The topological polar surface area (TPSA) is 90.9 Å². The van der Waals surface area contributed by atoms with Crippen LogP contribution in [0, 0.1) is 11.3 Å². The molecule has 1 aromatic rings. The van der Waals surface area contributed by atoms with Crippen molar-refractivity contribution in [1.29, 1.82) is 0 Å². The molecule has 132 valence electrons. The number of methoxy groups -OCH3 is 3. The Bertz CT molecular complexity index is 766. The number of esters is 3. The molecule has 7 heteroatoms. The van der Waals surface area contributed by atoms with Crippen molar-refractivity contribution in [3.8, 4) is 0 Å². The lowest BCUT2D eigenvalue weighted by Crippen LogP contribution is -2.44. The summed E-state index contributed by atoms with van der Waals surface area (Å²) in [5.41, 5.74) is 0.535. The maximum absolute atomic E-state index is 12.6. The van der Waals surface area contributed by atoms with E-state index in [1.165, 1.54) is 21.3 Å². The standard InChI is InChI=1S/C18H19NO6/c1-23-15(20)13-14-11(8-10-6-4-5-7-12(10)19-14)9-18(13,16(21)24-2)17(22)25-3/h4-7,11,19H,8-9H2,1-3H3. The lowest BCUT2D eigenvalue weighted by molar-refractivity contribution is -0.168. The monoisotopic (exact) mass is 345 g/mol. The Morgan fingerprint density at radius 3 is 2.28 bits per heavy atom. The summed E-state index contributed by atoms with van der Waals surface area (Å²) >= 11 is 0. The van der Waals surface area contributed by atoms with Crippen molar-refractivity contribution in [2.45, 2.75) is 12.8 Å². The second-order valence-electron chi connectivity index (χ2n) is 6.06. The molecule has 0 saturated carbocycles. The van der Waals surface area contributed by atoms with Gasteiger partial charge in [0.25, 0.3) is 0 Å². The summed E-state index contributed by atoms with van der Waals surface area (Å²) in [6.07, 6.45) is 0.683. The van der Waals surface area contributed by atoms with Crippen molar-refractivity contribution in [2.24, 2.45) is 11.3 Å². The predicted molar refractivity (Wildman–Crippen MR) is 87.4 cm³/mol. The first-order valence-corrected chi connectivity index (χ1v) is 7.84. The molecule has 1 heterocycles. The highest BCUT2D eigenvalue weighted by molar-refractivity contribution is 6.13. The molecule has 1 unspecified atom stereocenters. The minimum absolute atomic E-state index is 0.0341. The van der Waals surface area contributed by atoms with Crippen molar-refractivity contribution >= 4 is 23.6 Å². The molecule has 0 spiro atoms. The lowest BCUT2D eigenvalue weighted by Gasteiger charge is -2.26. The molecule has 2 aliphatic rings. The van der Waals surface area contributed by atoms with Crippen LogP contribution in [0.2, 0.25) is 0 Å². The highest BCUT2D eigenvalue weighted by Gasteiger charge is 2.62. The van der Waals surface area contributed by atoms with Crippen LogP contribution in [0.25, 0.3) is 0 Å². The Morgan fingerprint density at radius 1 is 1.04 bits per heavy atom. The fraction of sp³-hybridized carbons (Fsp3) is 0.389. The summed E-state index contributed by atoms with van der Waals surface area (Å²) in [6.45, 7) is 0. The third kappa shape index (κ3) is 2.38. The van der Waals surface area contributed by atoms with Crippen LogP contribution < -0.4 is 5.32 Å². The van der Waals surface area contributed by atoms with Gasteiger partial charge in [-0.2, -0.15) is 0 Å². The van der Waals surface area contributed by atoms with Crippen LogP contribution in [0.5, 0.6) is 0 Å². The minimum atomic E-state index is -1.83. The summed E-state index contributed by atoms with van der Waals surface area (Å²) < 4.78 is 14.6. The summed E-state index contributed by atoms with van der Waals surface area (Å²) in [6, 6.07) is 7.63. The Kier molecular flexibility index (Phi) is 4.24. The Labute approximate surface area is 144 Å². The molecule has 7 nitrogen and oxygen atoms in total. The van der Waals surface area contributed by atoms with Crippen LogP contribution in [0.15, 0.2) is 35.5 Å². The number of hydrogen-bond acceptors (Lipinski definition) is 7. The lowest BCUT2D eigenvalue weighted by atomic mass is 9.79. The van der Waals surface area contributed by atoms with Crippen molar-refractivity contribution < 1.29 is 28.6 Å². The van der Waals surface area contributed by atoms with E-state index in [2.05, 4.69) is 5.32 Å². The first-order chi connectivity index (χ1) is 12.0. The van der Waals surface area contributed by atoms with Gasteiger partial charge < -0.3 is 19.5 Å². The number of benzene rings is 1. The Morgan fingerprint density at radius 2 is 1.68 bits per heavy atom. The van der Waals surface area contributed by atoms with Crippen molar-refractivity contribution in [3.05, 3.63) is 41.1 Å². The molecule has 1 N–H and O–H groups in total. The van der Waals surface area contributed by atoms with Gasteiger partial charge in [-0.3, -0.25) is 9.59 Å². The fourth-order valence-corrected chi connectivity index (χ4v) is 3.77. The number of hydrogen-bond donors (Lipinski definition) is 1. The maximum Gasteiger partial charge on any atom is 0.337 e. The van der Waals surface area contributed by atoms with Gasteiger partial charge in [-0.1, -0.05) is 18.2 Å². The Hall–Kier alpha value is -2.83. The largest absolute Gasteiger partial charge is 0.468 e. The molecule has 0 saturated heterocycles. The fourth-order valence-electron chi connectivity index (χ4n) is 3.77. The second kappa shape index (κ2) is 6.23. The first-order valence-electron chi connectivity index (χ1n) is 7.84. The molecule has 25 heavy (non-hydrogen) atoms. The van der Waals surface area contributed by atoms with Gasteiger partial charge in [-0.05, 0) is 24.5 Å². The van der Waals surface area contributed by atoms with Gasteiger partial charge in [-0.15, -0.1) is 0 Å². The highest BCUT2D eigenvalue weighted by Crippen LogP contribution is 2.51. The number of carbonyl (C=O) groups excluding carboxylic acids is 3. The first kappa shape index (κ1) is 17.0. The maximum atomic E-state index is 12.6. The number of nitrogens with one attached hydrogen (secondary N) is 1. The van der Waals surface area contributed by atoms with Gasteiger partial charge >= 0.3 is 17.9 Å². The van der Waals surface area contributed by atoms with E-state index < -0.39 is 23.3 Å². The molecule has 0 radical (unpaired) electrons. The average molecular weight is 345 g/mol. The summed E-state index contributed by atoms with van der Waals surface area (Å²) in [7, 11) is 3.56. The van der Waals surface area contributed by atoms with E-state index >= 15 is 0 Å². The van der Waals surface area contributed by atoms with Gasteiger partial charge in [-0.25, -0.2) is 4.79 Å². The molecule has 1 aliphatic heterocycles. The van der Waals surface area contributed by atoms with Crippen LogP contribution in [0.4, 0.5) is 5.69 Å². The van der Waals surface area contributed by atoms with Gasteiger partial charge in [0.15, 0.2) is 5.41 Å². The zero-order chi connectivity index (χ0) is 18.2. The number of anilines is 1. The molecule has 0 amide bonds.